The molecule has 0 radical (unpaired) electrons. The number of nitrogens with zero attached hydrogens (tertiary/aromatic N) is 3. The SMILES string of the molecule is CC(=O)c1ccc2ccccc2c1.O=[N+]([O-])c1cc([N+](=O)[O-])cc([N+](=O)[O-])c1. The summed E-state index contributed by atoms with van der Waals surface area (Å²) in [6, 6.07) is 15.8. The molecular weight excluding hydrogens is 370 g/mol. The van der Waals surface area contributed by atoms with E-state index in [4.69, 9.17) is 0 Å². The van der Waals surface area contributed by atoms with Crippen LogP contribution in [-0.2, 0) is 0 Å². The van der Waals surface area contributed by atoms with Crippen LogP contribution >= 0.6 is 0 Å². The van der Waals surface area contributed by atoms with Gasteiger partial charge in [-0.1, -0.05) is 36.4 Å². The van der Waals surface area contributed by atoms with Crippen LogP contribution in [0.2, 0.25) is 0 Å². The van der Waals surface area contributed by atoms with E-state index in [1.165, 1.54) is 5.39 Å². The van der Waals surface area contributed by atoms with E-state index in [2.05, 4.69) is 0 Å². The number of non-ortho nitro benzene ring substituents is 3. The van der Waals surface area contributed by atoms with Gasteiger partial charge in [0.15, 0.2) is 5.78 Å². The molecule has 10 heteroatoms. The van der Waals surface area contributed by atoms with Crippen LogP contribution in [0.3, 0.4) is 0 Å². The third-order valence-electron chi connectivity index (χ3n) is 3.68. The largest absolute Gasteiger partial charge is 0.295 e. The first-order valence-corrected chi connectivity index (χ1v) is 7.77. The van der Waals surface area contributed by atoms with Crippen molar-refractivity contribution in [2.75, 3.05) is 0 Å². The van der Waals surface area contributed by atoms with Gasteiger partial charge in [0, 0.05) is 5.56 Å². The predicted molar refractivity (Wildman–Crippen MR) is 100 cm³/mol. The minimum absolute atomic E-state index is 0.116. The number of ketones is 1. The molecule has 0 aliphatic rings. The van der Waals surface area contributed by atoms with E-state index < -0.39 is 31.8 Å². The van der Waals surface area contributed by atoms with Gasteiger partial charge in [0.2, 0.25) is 0 Å². The number of hydrogen-bond acceptors (Lipinski definition) is 7. The first-order valence-electron chi connectivity index (χ1n) is 7.77. The lowest BCUT2D eigenvalue weighted by atomic mass is 10.1. The fraction of sp³-hybridized carbons (Fsp3) is 0.0556. The molecule has 0 saturated heterocycles. The number of fused-ring (bicyclic) bond motifs is 1. The maximum Gasteiger partial charge on any atom is 0.283 e. The fourth-order valence-corrected chi connectivity index (χ4v) is 2.30. The number of benzene rings is 3. The number of nitro groups is 3. The van der Waals surface area contributed by atoms with E-state index >= 15 is 0 Å². The summed E-state index contributed by atoms with van der Waals surface area (Å²) >= 11 is 0. The van der Waals surface area contributed by atoms with Crippen molar-refractivity contribution in [1.29, 1.82) is 0 Å². The maximum absolute atomic E-state index is 11.1. The van der Waals surface area contributed by atoms with Gasteiger partial charge < -0.3 is 0 Å². The van der Waals surface area contributed by atoms with Crippen molar-refractivity contribution in [2.45, 2.75) is 6.92 Å². The van der Waals surface area contributed by atoms with E-state index in [1.54, 1.807) is 6.92 Å². The Morgan fingerprint density at radius 1 is 0.679 bits per heavy atom. The normalized spacial score (nSPS) is 9.89. The Kier molecular flexibility index (Phi) is 6.07. The molecule has 0 atom stereocenters. The summed E-state index contributed by atoms with van der Waals surface area (Å²) in [5.41, 5.74) is -1.28. The molecule has 0 bridgehead atoms. The second-order valence-electron chi connectivity index (χ2n) is 5.60. The quantitative estimate of drug-likeness (QED) is 0.367. The highest BCUT2D eigenvalue weighted by Crippen LogP contribution is 2.26. The molecule has 0 fully saturated rings. The molecule has 0 aliphatic carbocycles. The molecule has 10 nitrogen and oxygen atoms in total. The van der Waals surface area contributed by atoms with Crippen molar-refractivity contribution in [1.82, 2.24) is 0 Å². The second kappa shape index (κ2) is 8.45. The molecule has 0 amide bonds. The second-order valence-corrected chi connectivity index (χ2v) is 5.60. The molecule has 0 aromatic heterocycles. The zero-order valence-electron chi connectivity index (χ0n) is 14.5. The Morgan fingerprint density at radius 2 is 1.11 bits per heavy atom. The first-order chi connectivity index (χ1) is 13.2. The van der Waals surface area contributed by atoms with Crippen LogP contribution in [0.4, 0.5) is 17.1 Å². The third kappa shape index (κ3) is 4.91. The Balaban J connectivity index is 0.000000202. The average molecular weight is 383 g/mol. The number of rotatable bonds is 4. The molecule has 3 aromatic rings. The number of nitro benzene ring substituents is 3. The Hall–Kier alpha value is -4.21. The van der Waals surface area contributed by atoms with Gasteiger partial charge in [0.05, 0.1) is 33.0 Å². The zero-order valence-corrected chi connectivity index (χ0v) is 14.5. The van der Waals surface area contributed by atoms with E-state index in [9.17, 15) is 35.1 Å². The third-order valence-corrected chi connectivity index (χ3v) is 3.68. The van der Waals surface area contributed by atoms with Gasteiger partial charge in [-0.25, -0.2) is 0 Å². The van der Waals surface area contributed by atoms with Gasteiger partial charge in [-0.05, 0) is 23.8 Å². The molecule has 0 N–H and O–H groups in total. The van der Waals surface area contributed by atoms with E-state index in [-0.39, 0.29) is 5.78 Å². The van der Waals surface area contributed by atoms with E-state index in [0.29, 0.717) is 18.2 Å². The number of carbonyl (C=O) groups is 1. The Bertz CT molecular complexity index is 1020. The Morgan fingerprint density at radius 3 is 1.50 bits per heavy atom. The summed E-state index contributed by atoms with van der Waals surface area (Å²) in [6.45, 7) is 1.59. The summed E-state index contributed by atoms with van der Waals surface area (Å²) in [6.07, 6.45) is 0. The molecule has 28 heavy (non-hydrogen) atoms. The van der Waals surface area contributed by atoms with Gasteiger partial charge in [0.1, 0.15) is 0 Å². The van der Waals surface area contributed by atoms with Crippen LogP contribution < -0.4 is 0 Å². The van der Waals surface area contributed by atoms with Crippen molar-refractivity contribution in [3.05, 3.63) is 96.6 Å². The molecule has 0 heterocycles. The van der Waals surface area contributed by atoms with Crippen molar-refractivity contribution < 1.29 is 19.6 Å². The summed E-state index contributed by atoms with van der Waals surface area (Å²) in [4.78, 5) is 39.2. The van der Waals surface area contributed by atoms with Crippen LogP contribution in [0, 0.1) is 30.3 Å². The highest BCUT2D eigenvalue weighted by molar-refractivity contribution is 5.98. The molecule has 0 unspecified atom stereocenters. The van der Waals surface area contributed by atoms with Gasteiger partial charge >= 0.3 is 0 Å². The molecule has 0 spiro atoms. The number of hydrogen-bond donors (Lipinski definition) is 0. The topological polar surface area (TPSA) is 146 Å². The monoisotopic (exact) mass is 383 g/mol. The maximum atomic E-state index is 11.1. The first kappa shape index (κ1) is 20.1. The van der Waals surface area contributed by atoms with E-state index in [1.807, 2.05) is 42.5 Å². The Labute approximate surface area is 157 Å². The van der Waals surface area contributed by atoms with Crippen LogP contribution in [0.15, 0.2) is 60.7 Å². The van der Waals surface area contributed by atoms with Crippen LogP contribution in [0.1, 0.15) is 17.3 Å². The van der Waals surface area contributed by atoms with Gasteiger partial charge in [-0.3, -0.25) is 35.1 Å². The van der Waals surface area contributed by atoms with Crippen molar-refractivity contribution in [3.8, 4) is 0 Å². The average Bonchev–Trinajstić information content (AvgIpc) is 2.67. The van der Waals surface area contributed by atoms with Crippen molar-refractivity contribution in [2.24, 2.45) is 0 Å². The highest BCUT2D eigenvalue weighted by atomic mass is 16.6. The molecule has 3 aromatic carbocycles. The van der Waals surface area contributed by atoms with Crippen LogP contribution in [-0.4, -0.2) is 20.6 Å². The lowest BCUT2D eigenvalue weighted by Gasteiger charge is -1.99. The molecule has 0 saturated carbocycles. The standard InChI is InChI=1S/C12H10O.C6H3N3O6/c1-9(13)11-7-6-10-4-2-3-5-12(10)8-11;10-7(11)4-1-5(8(12)13)3-6(2-4)9(14)15/h2-8H,1H3;1-3H. The van der Waals surface area contributed by atoms with Gasteiger partial charge in [0.25, 0.3) is 17.1 Å². The summed E-state index contributed by atoms with van der Waals surface area (Å²) in [7, 11) is 0. The fourth-order valence-electron chi connectivity index (χ4n) is 2.30. The van der Waals surface area contributed by atoms with Crippen molar-refractivity contribution >= 4 is 33.6 Å². The molecule has 0 aliphatic heterocycles. The zero-order chi connectivity index (χ0) is 20.8. The minimum Gasteiger partial charge on any atom is -0.295 e. The highest BCUT2D eigenvalue weighted by Gasteiger charge is 2.21. The molecular formula is C18H13N3O7. The minimum atomic E-state index is -0.931. The predicted octanol–water partition coefficient (Wildman–Crippen LogP) is 4.45. The lowest BCUT2D eigenvalue weighted by Crippen LogP contribution is -1.96. The van der Waals surface area contributed by atoms with Gasteiger partial charge in [-0.15, -0.1) is 0 Å². The van der Waals surface area contributed by atoms with E-state index in [0.717, 1.165) is 10.9 Å². The molecule has 3 rings (SSSR count). The number of Topliss-reactive ketones (excluding diaryl/α,β-unsaturated/α-hetero) is 1. The summed E-state index contributed by atoms with van der Waals surface area (Å²) in [5.74, 6) is 0.116. The number of carbonyl (C=O) groups excluding carboxylic acids is 1. The van der Waals surface area contributed by atoms with Crippen molar-refractivity contribution in [3.63, 3.8) is 0 Å². The van der Waals surface area contributed by atoms with Crippen LogP contribution in [0.25, 0.3) is 10.8 Å². The summed E-state index contributed by atoms with van der Waals surface area (Å²) in [5, 5.41) is 33.2. The summed E-state index contributed by atoms with van der Waals surface area (Å²) < 4.78 is 0. The molecule has 142 valence electrons. The van der Waals surface area contributed by atoms with Crippen LogP contribution in [0.5, 0.6) is 0 Å². The lowest BCUT2D eigenvalue weighted by molar-refractivity contribution is -0.403. The smallest absolute Gasteiger partial charge is 0.283 e. The van der Waals surface area contributed by atoms with Gasteiger partial charge in [-0.2, -0.15) is 0 Å².